The minimum atomic E-state index is -3.67. The first kappa shape index (κ1) is 19.9. The van der Waals surface area contributed by atoms with Crippen LogP contribution in [0.4, 0.5) is 0 Å². The number of pyridine rings is 1. The molecule has 1 aromatic heterocycles. The van der Waals surface area contributed by atoms with Gasteiger partial charge in [-0.3, -0.25) is 9.78 Å². The number of amides is 1. The molecule has 8 heteroatoms. The van der Waals surface area contributed by atoms with Gasteiger partial charge in [0.25, 0.3) is 0 Å². The van der Waals surface area contributed by atoms with Gasteiger partial charge in [-0.05, 0) is 42.8 Å². The average Bonchev–Trinajstić information content (AvgIpc) is 2.61. The van der Waals surface area contributed by atoms with E-state index in [0.717, 1.165) is 5.69 Å². The highest BCUT2D eigenvalue weighted by atomic mass is 32.2. The SMILES string of the molecule is COc1ccc(S(=O)(=O)NCCN(Cc2ccccn2)C(C)=O)c(C)c1. The van der Waals surface area contributed by atoms with Gasteiger partial charge in [-0.15, -0.1) is 0 Å². The van der Waals surface area contributed by atoms with Gasteiger partial charge in [-0.25, -0.2) is 13.1 Å². The zero-order valence-corrected chi connectivity index (χ0v) is 15.9. The number of methoxy groups -OCH3 is 1. The van der Waals surface area contributed by atoms with E-state index >= 15 is 0 Å². The Morgan fingerprint density at radius 2 is 2.04 bits per heavy atom. The molecule has 0 saturated heterocycles. The van der Waals surface area contributed by atoms with Gasteiger partial charge in [0, 0.05) is 26.2 Å². The molecular weight excluding hydrogens is 354 g/mol. The van der Waals surface area contributed by atoms with Gasteiger partial charge in [0.1, 0.15) is 5.75 Å². The van der Waals surface area contributed by atoms with Gasteiger partial charge in [-0.1, -0.05) is 6.07 Å². The summed E-state index contributed by atoms with van der Waals surface area (Å²) in [5, 5.41) is 0. The molecule has 1 amide bonds. The normalized spacial score (nSPS) is 11.2. The molecule has 1 N–H and O–H groups in total. The maximum absolute atomic E-state index is 12.5. The van der Waals surface area contributed by atoms with Crippen LogP contribution >= 0.6 is 0 Å². The van der Waals surface area contributed by atoms with Crippen molar-refractivity contribution >= 4 is 15.9 Å². The second-order valence-corrected chi connectivity index (χ2v) is 7.53. The topological polar surface area (TPSA) is 88.6 Å². The van der Waals surface area contributed by atoms with Crippen molar-refractivity contribution < 1.29 is 17.9 Å². The van der Waals surface area contributed by atoms with Gasteiger partial charge >= 0.3 is 0 Å². The van der Waals surface area contributed by atoms with Crippen LogP contribution in [0.1, 0.15) is 18.2 Å². The van der Waals surface area contributed by atoms with Crippen LogP contribution in [0.5, 0.6) is 5.75 Å². The Balaban J connectivity index is 2.00. The number of aryl methyl sites for hydroxylation is 1. The van der Waals surface area contributed by atoms with Gasteiger partial charge < -0.3 is 9.64 Å². The molecule has 0 saturated carbocycles. The third-order valence-corrected chi connectivity index (χ3v) is 5.49. The summed E-state index contributed by atoms with van der Waals surface area (Å²) >= 11 is 0. The standard InChI is InChI=1S/C18H23N3O4S/c1-14-12-17(25-3)7-8-18(14)26(23,24)20-10-11-21(15(2)22)13-16-6-4-5-9-19-16/h4-9,12,20H,10-11,13H2,1-3H3. The van der Waals surface area contributed by atoms with Crippen LogP contribution in [0.25, 0.3) is 0 Å². The first-order chi connectivity index (χ1) is 12.3. The number of carbonyl (C=O) groups is 1. The summed E-state index contributed by atoms with van der Waals surface area (Å²) in [6, 6.07) is 10.2. The second-order valence-electron chi connectivity index (χ2n) is 5.79. The van der Waals surface area contributed by atoms with Crippen LogP contribution in [0.2, 0.25) is 0 Å². The summed E-state index contributed by atoms with van der Waals surface area (Å²) in [4.78, 5) is 17.7. The molecule has 0 atom stereocenters. The molecule has 0 spiro atoms. The second kappa shape index (κ2) is 8.77. The van der Waals surface area contributed by atoms with Crippen molar-refractivity contribution in [3.8, 4) is 5.75 Å². The van der Waals surface area contributed by atoms with Gasteiger partial charge in [0.2, 0.25) is 15.9 Å². The van der Waals surface area contributed by atoms with E-state index in [2.05, 4.69) is 9.71 Å². The fraction of sp³-hybridized carbons (Fsp3) is 0.333. The molecule has 26 heavy (non-hydrogen) atoms. The van der Waals surface area contributed by atoms with Crippen LogP contribution < -0.4 is 9.46 Å². The summed E-state index contributed by atoms with van der Waals surface area (Å²) in [6.07, 6.45) is 1.66. The lowest BCUT2D eigenvalue weighted by molar-refractivity contribution is -0.129. The van der Waals surface area contributed by atoms with Crippen molar-refractivity contribution in [2.75, 3.05) is 20.2 Å². The van der Waals surface area contributed by atoms with E-state index in [1.165, 1.54) is 20.1 Å². The number of aromatic nitrogens is 1. The summed E-state index contributed by atoms with van der Waals surface area (Å²) in [6.45, 7) is 3.85. The number of ether oxygens (including phenoxy) is 1. The van der Waals surface area contributed by atoms with E-state index in [1.54, 1.807) is 36.2 Å². The number of hydrogen-bond acceptors (Lipinski definition) is 5. The maximum atomic E-state index is 12.5. The van der Waals surface area contributed by atoms with Crippen LogP contribution in [-0.2, 0) is 21.4 Å². The quantitative estimate of drug-likeness (QED) is 0.757. The largest absolute Gasteiger partial charge is 0.497 e. The van der Waals surface area contributed by atoms with Gasteiger partial charge in [0.05, 0.1) is 24.2 Å². The number of benzene rings is 1. The first-order valence-electron chi connectivity index (χ1n) is 8.13. The van der Waals surface area contributed by atoms with Crippen LogP contribution in [0, 0.1) is 6.92 Å². The van der Waals surface area contributed by atoms with E-state index in [-0.39, 0.29) is 23.9 Å². The van der Waals surface area contributed by atoms with Crippen molar-refractivity contribution in [1.82, 2.24) is 14.6 Å². The number of sulfonamides is 1. The molecule has 2 aromatic rings. The van der Waals surface area contributed by atoms with Gasteiger partial charge in [0.15, 0.2) is 0 Å². The lowest BCUT2D eigenvalue weighted by atomic mass is 10.2. The Hall–Kier alpha value is -2.45. The zero-order valence-electron chi connectivity index (χ0n) is 15.1. The molecule has 0 aliphatic carbocycles. The minimum absolute atomic E-state index is 0.111. The number of carbonyl (C=O) groups excluding carboxylic acids is 1. The van der Waals surface area contributed by atoms with E-state index in [0.29, 0.717) is 17.9 Å². The third-order valence-electron chi connectivity index (χ3n) is 3.87. The van der Waals surface area contributed by atoms with Crippen LogP contribution in [-0.4, -0.2) is 44.4 Å². The Morgan fingerprint density at radius 1 is 1.27 bits per heavy atom. The predicted molar refractivity (Wildman–Crippen MR) is 98.2 cm³/mol. The Bertz CT molecular complexity index is 854. The fourth-order valence-corrected chi connectivity index (χ4v) is 3.72. The molecule has 0 aliphatic rings. The molecule has 0 bridgehead atoms. The molecule has 0 unspecified atom stereocenters. The van der Waals surface area contributed by atoms with Gasteiger partial charge in [-0.2, -0.15) is 0 Å². The van der Waals surface area contributed by atoms with Crippen molar-refractivity contribution in [2.24, 2.45) is 0 Å². The Kier molecular flexibility index (Phi) is 6.70. The summed E-state index contributed by atoms with van der Waals surface area (Å²) < 4.78 is 32.6. The monoisotopic (exact) mass is 377 g/mol. The number of nitrogens with one attached hydrogen (secondary N) is 1. The maximum Gasteiger partial charge on any atom is 0.240 e. The molecule has 0 fully saturated rings. The fourth-order valence-electron chi connectivity index (χ4n) is 2.48. The van der Waals surface area contributed by atoms with Crippen molar-refractivity contribution in [1.29, 1.82) is 0 Å². The molecule has 2 rings (SSSR count). The molecule has 1 heterocycles. The molecule has 0 radical (unpaired) electrons. The van der Waals surface area contributed by atoms with E-state index in [4.69, 9.17) is 4.74 Å². The van der Waals surface area contributed by atoms with Crippen LogP contribution in [0.15, 0.2) is 47.5 Å². The smallest absolute Gasteiger partial charge is 0.240 e. The van der Waals surface area contributed by atoms with Crippen molar-refractivity contribution in [3.05, 3.63) is 53.9 Å². The summed E-state index contributed by atoms with van der Waals surface area (Å²) in [5.74, 6) is 0.454. The Morgan fingerprint density at radius 3 is 2.62 bits per heavy atom. The highest BCUT2D eigenvalue weighted by Crippen LogP contribution is 2.20. The number of hydrogen-bond donors (Lipinski definition) is 1. The third kappa shape index (κ3) is 5.27. The molecule has 7 nitrogen and oxygen atoms in total. The molecular formula is C18H23N3O4S. The van der Waals surface area contributed by atoms with E-state index in [9.17, 15) is 13.2 Å². The predicted octanol–water partition coefficient (Wildman–Crippen LogP) is 1.73. The summed E-state index contributed by atoms with van der Waals surface area (Å²) in [5.41, 5.74) is 1.34. The van der Waals surface area contributed by atoms with Crippen LogP contribution in [0.3, 0.4) is 0 Å². The zero-order chi connectivity index (χ0) is 19.2. The average molecular weight is 377 g/mol. The lowest BCUT2D eigenvalue weighted by Crippen LogP contribution is -2.37. The minimum Gasteiger partial charge on any atom is -0.497 e. The van der Waals surface area contributed by atoms with E-state index < -0.39 is 10.0 Å². The summed E-state index contributed by atoms with van der Waals surface area (Å²) in [7, 11) is -2.14. The molecule has 140 valence electrons. The first-order valence-corrected chi connectivity index (χ1v) is 9.61. The highest BCUT2D eigenvalue weighted by molar-refractivity contribution is 7.89. The van der Waals surface area contributed by atoms with Crippen molar-refractivity contribution in [2.45, 2.75) is 25.3 Å². The highest BCUT2D eigenvalue weighted by Gasteiger charge is 2.18. The lowest BCUT2D eigenvalue weighted by Gasteiger charge is -2.21. The molecule has 1 aromatic carbocycles. The number of rotatable bonds is 8. The van der Waals surface area contributed by atoms with Crippen molar-refractivity contribution in [3.63, 3.8) is 0 Å². The Labute approximate surface area is 154 Å². The molecule has 0 aliphatic heterocycles. The number of nitrogens with zero attached hydrogens (tertiary/aromatic N) is 2. The van der Waals surface area contributed by atoms with E-state index in [1.807, 2.05) is 12.1 Å².